The lowest BCUT2D eigenvalue weighted by Gasteiger charge is -2.09. The maximum atomic E-state index is 11.5. The lowest BCUT2D eigenvalue weighted by atomic mass is 10.0. The van der Waals surface area contributed by atoms with Gasteiger partial charge in [-0.1, -0.05) is 35.9 Å². The van der Waals surface area contributed by atoms with Crippen LogP contribution < -0.4 is 5.73 Å². The van der Waals surface area contributed by atoms with Gasteiger partial charge in [0.05, 0.1) is 5.02 Å². The summed E-state index contributed by atoms with van der Waals surface area (Å²) in [6, 6.07) is 9.70. The van der Waals surface area contributed by atoms with E-state index in [1.165, 1.54) is 5.56 Å². The second-order valence-corrected chi connectivity index (χ2v) is 5.47. The van der Waals surface area contributed by atoms with Gasteiger partial charge < -0.3 is 5.73 Å². The van der Waals surface area contributed by atoms with E-state index in [0.29, 0.717) is 10.6 Å². The van der Waals surface area contributed by atoms with E-state index in [-0.39, 0.29) is 0 Å². The van der Waals surface area contributed by atoms with E-state index in [4.69, 9.17) is 17.3 Å². The summed E-state index contributed by atoms with van der Waals surface area (Å²) in [7, 11) is 0. The number of amides is 1. The summed E-state index contributed by atoms with van der Waals surface area (Å²) in [6.07, 6.45) is 0.722. The van der Waals surface area contributed by atoms with Crippen LogP contribution in [0.25, 0.3) is 11.1 Å². The molecule has 0 radical (unpaired) electrons. The highest BCUT2D eigenvalue weighted by atomic mass is 79.9. The molecule has 0 atom stereocenters. The van der Waals surface area contributed by atoms with Crippen LogP contribution in [0.3, 0.4) is 0 Å². The molecule has 2 aromatic carbocycles. The van der Waals surface area contributed by atoms with Crippen molar-refractivity contribution >= 4 is 33.4 Å². The van der Waals surface area contributed by atoms with Gasteiger partial charge in [-0.15, -0.1) is 0 Å². The largest absolute Gasteiger partial charge is 0.366 e. The number of carbonyl (C=O) groups excluding carboxylic acids is 1. The Bertz CT molecular complexity index is 682. The maximum absolute atomic E-state index is 11.5. The number of benzene rings is 2. The maximum Gasteiger partial charge on any atom is 0.249 e. The van der Waals surface area contributed by atoms with Gasteiger partial charge in [0, 0.05) is 15.6 Å². The fraction of sp³-hybridized carbons (Fsp3) is 0.0714. The second-order valence-electron chi connectivity index (χ2n) is 4.27. The summed E-state index contributed by atoms with van der Waals surface area (Å²) < 4.78 is 0.828. The van der Waals surface area contributed by atoms with Crippen LogP contribution in [-0.4, -0.2) is 5.91 Å². The van der Waals surface area contributed by atoms with Crippen LogP contribution in [0.1, 0.15) is 21.5 Å². The van der Waals surface area contributed by atoms with Crippen LogP contribution >= 0.6 is 27.5 Å². The summed E-state index contributed by atoms with van der Waals surface area (Å²) >= 11 is 9.65. The first-order valence-corrected chi connectivity index (χ1v) is 6.65. The zero-order valence-corrected chi connectivity index (χ0v) is 11.7. The second kappa shape index (κ2) is 4.11. The van der Waals surface area contributed by atoms with Gasteiger partial charge in [0.2, 0.25) is 5.91 Å². The number of primary amides is 1. The molecule has 90 valence electrons. The summed E-state index contributed by atoms with van der Waals surface area (Å²) in [5, 5.41) is 0.513. The summed E-state index contributed by atoms with van der Waals surface area (Å²) in [6.45, 7) is 0. The highest BCUT2D eigenvalue weighted by Crippen LogP contribution is 2.45. The Labute approximate surface area is 118 Å². The molecule has 18 heavy (non-hydrogen) atoms. The molecule has 0 saturated carbocycles. The van der Waals surface area contributed by atoms with Gasteiger partial charge in [-0.3, -0.25) is 4.79 Å². The van der Waals surface area contributed by atoms with Gasteiger partial charge in [-0.05, 0) is 45.1 Å². The highest BCUT2D eigenvalue weighted by Gasteiger charge is 2.26. The van der Waals surface area contributed by atoms with Crippen molar-refractivity contribution in [2.45, 2.75) is 6.42 Å². The third kappa shape index (κ3) is 1.58. The van der Waals surface area contributed by atoms with Crippen molar-refractivity contribution in [3.63, 3.8) is 0 Å². The smallest absolute Gasteiger partial charge is 0.249 e. The first-order valence-electron chi connectivity index (χ1n) is 5.48. The van der Waals surface area contributed by atoms with Crippen molar-refractivity contribution in [3.8, 4) is 11.1 Å². The monoisotopic (exact) mass is 321 g/mol. The van der Waals surface area contributed by atoms with E-state index in [9.17, 15) is 4.79 Å². The zero-order chi connectivity index (χ0) is 12.9. The first kappa shape index (κ1) is 11.8. The fourth-order valence-corrected chi connectivity index (χ4v) is 3.23. The Hall–Kier alpha value is -1.32. The molecular formula is C14H9BrClNO. The van der Waals surface area contributed by atoms with E-state index in [1.807, 2.05) is 18.2 Å². The molecule has 0 aromatic heterocycles. The quantitative estimate of drug-likeness (QED) is 0.728. The molecule has 0 saturated heterocycles. The molecule has 1 aliphatic carbocycles. The van der Waals surface area contributed by atoms with Crippen molar-refractivity contribution < 1.29 is 4.79 Å². The Balaban J connectivity index is 2.38. The lowest BCUT2D eigenvalue weighted by molar-refractivity contribution is 0.0999. The van der Waals surface area contributed by atoms with Gasteiger partial charge in [0.25, 0.3) is 0 Å². The molecule has 0 heterocycles. The Morgan fingerprint density at radius 3 is 2.78 bits per heavy atom. The zero-order valence-electron chi connectivity index (χ0n) is 9.34. The topological polar surface area (TPSA) is 43.1 Å². The Morgan fingerprint density at radius 1 is 1.33 bits per heavy atom. The number of fused-ring (bicyclic) bond motifs is 3. The van der Waals surface area contributed by atoms with Crippen molar-refractivity contribution in [2.24, 2.45) is 5.73 Å². The van der Waals surface area contributed by atoms with Crippen molar-refractivity contribution in [1.29, 1.82) is 0 Å². The molecule has 2 nitrogen and oxygen atoms in total. The Morgan fingerprint density at radius 2 is 2.06 bits per heavy atom. The number of carbonyl (C=O) groups is 1. The molecule has 0 fully saturated rings. The molecule has 0 bridgehead atoms. The van der Waals surface area contributed by atoms with Crippen LogP contribution in [0, 0.1) is 0 Å². The molecule has 4 heteroatoms. The third-order valence-corrected chi connectivity index (χ3v) is 4.60. The fourth-order valence-electron chi connectivity index (χ4n) is 2.46. The van der Waals surface area contributed by atoms with Crippen LogP contribution in [0.15, 0.2) is 34.8 Å². The molecule has 3 rings (SSSR count). The van der Waals surface area contributed by atoms with E-state index in [0.717, 1.165) is 27.6 Å². The first-order chi connectivity index (χ1) is 8.59. The van der Waals surface area contributed by atoms with Crippen LogP contribution in [0.4, 0.5) is 0 Å². The predicted molar refractivity (Wildman–Crippen MR) is 75.9 cm³/mol. The van der Waals surface area contributed by atoms with Gasteiger partial charge in [0.15, 0.2) is 0 Å². The molecular weight excluding hydrogens is 314 g/mol. The molecule has 2 aromatic rings. The van der Waals surface area contributed by atoms with E-state index < -0.39 is 5.91 Å². The number of hydrogen-bond acceptors (Lipinski definition) is 1. The average Bonchev–Trinajstić information content (AvgIpc) is 2.72. The van der Waals surface area contributed by atoms with Crippen LogP contribution in [0.2, 0.25) is 5.02 Å². The minimum absolute atomic E-state index is 0.437. The molecule has 2 N–H and O–H groups in total. The minimum atomic E-state index is -0.437. The van der Waals surface area contributed by atoms with Crippen LogP contribution in [-0.2, 0) is 6.42 Å². The lowest BCUT2D eigenvalue weighted by Crippen LogP contribution is -2.13. The summed E-state index contributed by atoms with van der Waals surface area (Å²) in [5.74, 6) is -0.437. The molecule has 1 aliphatic rings. The summed E-state index contributed by atoms with van der Waals surface area (Å²) in [4.78, 5) is 11.5. The van der Waals surface area contributed by atoms with Crippen molar-refractivity contribution in [1.82, 2.24) is 0 Å². The van der Waals surface area contributed by atoms with Gasteiger partial charge in [-0.2, -0.15) is 0 Å². The number of halogens is 2. The minimum Gasteiger partial charge on any atom is -0.366 e. The average molecular weight is 323 g/mol. The number of rotatable bonds is 1. The highest BCUT2D eigenvalue weighted by molar-refractivity contribution is 9.10. The van der Waals surface area contributed by atoms with Gasteiger partial charge >= 0.3 is 0 Å². The predicted octanol–water partition coefficient (Wildman–Crippen LogP) is 3.77. The van der Waals surface area contributed by atoms with E-state index in [2.05, 4.69) is 22.0 Å². The molecule has 0 unspecified atom stereocenters. The molecule has 0 aliphatic heterocycles. The van der Waals surface area contributed by atoms with E-state index >= 15 is 0 Å². The summed E-state index contributed by atoms with van der Waals surface area (Å²) in [5.41, 5.74) is 10.2. The van der Waals surface area contributed by atoms with Gasteiger partial charge in [0.1, 0.15) is 0 Å². The van der Waals surface area contributed by atoms with Crippen molar-refractivity contribution in [2.75, 3.05) is 0 Å². The standard InChI is InChI=1S/C14H9BrClNO/c15-13-11(16)6-10(14(17)18)9-5-7-3-1-2-4-8(7)12(9)13/h1-4,6H,5H2,(H2,17,18). The number of nitrogens with two attached hydrogens (primary N) is 1. The van der Waals surface area contributed by atoms with E-state index in [1.54, 1.807) is 6.07 Å². The van der Waals surface area contributed by atoms with Crippen molar-refractivity contribution in [3.05, 3.63) is 56.5 Å². The molecule has 0 spiro atoms. The SMILES string of the molecule is NC(=O)c1cc(Cl)c(Br)c2c1Cc1ccccc1-2. The normalized spacial score (nSPS) is 12.1. The third-order valence-electron chi connectivity index (χ3n) is 3.25. The van der Waals surface area contributed by atoms with Gasteiger partial charge in [-0.25, -0.2) is 0 Å². The molecule has 1 amide bonds. The Kier molecular flexibility index (Phi) is 2.68. The number of hydrogen-bond donors (Lipinski definition) is 1. The van der Waals surface area contributed by atoms with Crippen LogP contribution in [0.5, 0.6) is 0 Å².